The van der Waals surface area contributed by atoms with Crippen LogP contribution in [0.4, 0.5) is 16.2 Å². The molecule has 0 fully saturated rings. The fourth-order valence-electron chi connectivity index (χ4n) is 3.37. The molecule has 3 rings (SSSR count). The summed E-state index contributed by atoms with van der Waals surface area (Å²) in [5.41, 5.74) is 3.00. The third-order valence-corrected chi connectivity index (χ3v) is 5.14. The van der Waals surface area contributed by atoms with E-state index in [1.165, 1.54) is 0 Å². The number of nitrogens with one attached hydrogen (secondary N) is 3. The van der Waals surface area contributed by atoms with E-state index in [0.717, 1.165) is 16.9 Å². The van der Waals surface area contributed by atoms with Gasteiger partial charge in [0.05, 0.1) is 14.2 Å². The molecule has 0 radical (unpaired) electrons. The summed E-state index contributed by atoms with van der Waals surface area (Å²) in [4.78, 5) is 25.5. The maximum atomic E-state index is 13.0. The van der Waals surface area contributed by atoms with Crippen LogP contribution in [0.15, 0.2) is 72.8 Å². The number of para-hydroxylation sites is 1. The van der Waals surface area contributed by atoms with Crippen LogP contribution in [-0.4, -0.2) is 32.2 Å². The van der Waals surface area contributed by atoms with Crippen LogP contribution in [0, 0.1) is 5.92 Å². The molecule has 3 N–H and O–H groups in total. The Balaban J connectivity index is 1.75. The topological polar surface area (TPSA) is 88.7 Å². The van der Waals surface area contributed by atoms with Crippen LogP contribution >= 0.6 is 0 Å². The van der Waals surface area contributed by atoms with Crippen LogP contribution < -0.4 is 25.4 Å². The highest BCUT2D eigenvalue weighted by atomic mass is 16.5. The van der Waals surface area contributed by atoms with Crippen molar-refractivity contribution in [2.24, 2.45) is 5.92 Å². The molecule has 0 bridgehead atoms. The van der Waals surface area contributed by atoms with E-state index in [0.29, 0.717) is 17.1 Å². The van der Waals surface area contributed by atoms with Gasteiger partial charge in [0.1, 0.15) is 17.5 Å². The predicted octanol–water partition coefficient (Wildman–Crippen LogP) is 5.16. The SMILES string of the molecule is COc1ccc(-c2cc(NC(=O)C(NC(=O)Nc3ccccc3)C(C)C)ccc2OC)cc1. The van der Waals surface area contributed by atoms with Crippen molar-refractivity contribution in [2.45, 2.75) is 19.9 Å². The van der Waals surface area contributed by atoms with Crippen molar-refractivity contribution in [3.05, 3.63) is 72.8 Å². The summed E-state index contributed by atoms with van der Waals surface area (Å²) in [6.45, 7) is 3.76. The lowest BCUT2D eigenvalue weighted by atomic mass is 10.0. The van der Waals surface area contributed by atoms with Crippen LogP contribution in [0.1, 0.15) is 13.8 Å². The first-order valence-corrected chi connectivity index (χ1v) is 10.7. The number of benzene rings is 3. The lowest BCUT2D eigenvalue weighted by Crippen LogP contribution is -2.48. The highest BCUT2D eigenvalue weighted by molar-refractivity contribution is 5.99. The van der Waals surface area contributed by atoms with Gasteiger partial charge in [0, 0.05) is 16.9 Å². The maximum Gasteiger partial charge on any atom is 0.319 e. The summed E-state index contributed by atoms with van der Waals surface area (Å²) in [5.74, 6) is 1.01. The molecule has 0 saturated heterocycles. The number of urea groups is 1. The first-order valence-electron chi connectivity index (χ1n) is 10.7. The van der Waals surface area contributed by atoms with Gasteiger partial charge < -0.3 is 25.4 Å². The molecule has 0 aliphatic heterocycles. The first-order chi connectivity index (χ1) is 15.9. The third kappa shape index (κ3) is 6.26. The molecule has 1 unspecified atom stereocenters. The lowest BCUT2D eigenvalue weighted by molar-refractivity contribution is -0.118. The van der Waals surface area contributed by atoms with Crippen molar-refractivity contribution in [2.75, 3.05) is 24.9 Å². The monoisotopic (exact) mass is 447 g/mol. The maximum absolute atomic E-state index is 13.0. The number of hydrogen-bond acceptors (Lipinski definition) is 4. The minimum Gasteiger partial charge on any atom is -0.497 e. The molecule has 3 amide bonds. The fraction of sp³-hybridized carbons (Fsp3) is 0.231. The van der Waals surface area contributed by atoms with Gasteiger partial charge in [-0.25, -0.2) is 4.79 Å². The molecule has 0 aliphatic rings. The van der Waals surface area contributed by atoms with E-state index in [1.807, 2.05) is 62.4 Å². The second-order valence-corrected chi connectivity index (χ2v) is 7.82. The van der Waals surface area contributed by atoms with Crippen molar-refractivity contribution < 1.29 is 19.1 Å². The molecule has 7 nitrogen and oxygen atoms in total. The molecule has 3 aromatic carbocycles. The number of carbonyl (C=O) groups is 2. The average Bonchev–Trinajstić information content (AvgIpc) is 2.83. The molecule has 0 saturated carbocycles. The number of hydrogen-bond donors (Lipinski definition) is 3. The second kappa shape index (κ2) is 11.0. The van der Waals surface area contributed by atoms with Crippen molar-refractivity contribution in [3.63, 3.8) is 0 Å². The highest BCUT2D eigenvalue weighted by Crippen LogP contribution is 2.33. The van der Waals surface area contributed by atoms with Crippen LogP contribution in [0.25, 0.3) is 11.1 Å². The number of ether oxygens (including phenoxy) is 2. The zero-order chi connectivity index (χ0) is 23.8. The Morgan fingerprint density at radius 2 is 1.48 bits per heavy atom. The molecule has 0 aromatic heterocycles. The standard InChI is InChI=1S/C26H29N3O4/c1-17(2)24(29-26(31)28-19-8-6-5-7-9-19)25(30)27-20-12-15-23(33-4)22(16-20)18-10-13-21(32-3)14-11-18/h5-17,24H,1-4H3,(H,27,30)(H2,28,29,31). The second-order valence-electron chi connectivity index (χ2n) is 7.82. The van der Waals surface area contributed by atoms with Gasteiger partial charge in [-0.2, -0.15) is 0 Å². The fourth-order valence-corrected chi connectivity index (χ4v) is 3.37. The molecule has 1 atom stereocenters. The van der Waals surface area contributed by atoms with Gasteiger partial charge in [-0.05, 0) is 53.9 Å². The Kier molecular flexibility index (Phi) is 7.91. The van der Waals surface area contributed by atoms with Crippen molar-refractivity contribution in [3.8, 4) is 22.6 Å². The highest BCUT2D eigenvalue weighted by Gasteiger charge is 2.24. The van der Waals surface area contributed by atoms with Gasteiger partial charge >= 0.3 is 6.03 Å². The summed E-state index contributed by atoms with van der Waals surface area (Å²) in [6.07, 6.45) is 0. The molecule has 7 heteroatoms. The molecular weight excluding hydrogens is 418 g/mol. The van der Waals surface area contributed by atoms with E-state index in [9.17, 15) is 9.59 Å². The quantitative estimate of drug-likeness (QED) is 0.445. The predicted molar refractivity (Wildman–Crippen MR) is 131 cm³/mol. The Morgan fingerprint density at radius 1 is 0.788 bits per heavy atom. The van der Waals surface area contributed by atoms with E-state index in [1.54, 1.807) is 38.5 Å². The third-order valence-electron chi connectivity index (χ3n) is 5.14. The van der Waals surface area contributed by atoms with Crippen molar-refractivity contribution in [1.82, 2.24) is 5.32 Å². The van der Waals surface area contributed by atoms with Crippen LogP contribution in [0.3, 0.4) is 0 Å². The van der Waals surface area contributed by atoms with Crippen LogP contribution in [0.2, 0.25) is 0 Å². The molecule has 3 aromatic rings. The summed E-state index contributed by atoms with van der Waals surface area (Å²) < 4.78 is 10.7. The Hall–Kier alpha value is -4.00. The zero-order valence-electron chi connectivity index (χ0n) is 19.2. The molecule has 33 heavy (non-hydrogen) atoms. The number of methoxy groups -OCH3 is 2. The van der Waals surface area contributed by atoms with Gasteiger partial charge in [0.2, 0.25) is 5.91 Å². The van der Waals surface area contributed by atoms with Gasteiger partial charge in [-0.15, -0.1) is 0 Å². The minimum absolute atomic E-state index is 0.120. The molecular formula is C26H29N3O4. The van der Waals surface area contributed by atoms with E-state index < -0.39 is 12.1 Å². The largest absolute Gasteiger partial charge is 0.497 e. The first kappa shape index (κ1) is 23.7. The Bertz CT molecular complexity index is 1080. The van der Waals surface area contributed by atoms with Crippen LogP contribution in [0.5, 0.6) is 11.5 Å². The van der Waals surface area contributed by atoms with E-state index in [-0.39, 0.29) is 11.8 Å². The number of carbonyl (C=O) groups excluding carboxylic acids is 2. The van der Waals surface area contributed by atoms with Crippen LogP contribution in [-0.2, 0) is 4.79 Å². The molecule has 0 heterocycles. The van der Waals surface area contributed by atoms with Crippen molar-refractivity contribution >= 4 is 23.3 Å². The minimum atomic E-state index is -0.722. The number of anilines is 2. The van der Waals surface area contributed by atoms with Gasteiger partial charge in [-0.1, -0.05) is 44.2 Å². The molecule has 172 valence electrons. The summed E-state index contributed by atoms with van der Waals surface area (Å²) >= 11 is 0. The zero-order valence-corrected chi connectivity index (χ0v) is 19.2. The van der Waals surface area contributed by atoms with E-state index >= 15 is 0 Å². The van der Waals surface area contributed by atoms with E-state index in [2.05, 4.69) is 16.0 Å². The van der Waals surface area contributed by atoms with Gasteiger partial charge in [0.15, 0.2) is 0 Å². The summed E-state index contributed by atoms with van der Waals surface area (Å²) in [5, 5.41) is 8.42. The Morgan fingerprint density at radius 3 is 2.09 bits per heavy atom. The summed E-state index contributed by atoms with van der Waals surface area (Å²) in [6, 6.07) is 20.9. The normalized spacial score (nSPS) is 11.4. The smallest absolute Gasteiger partial charge is 0.319 e. The van der Waals surface area contributed by atoms with E-state index in [4.69, 9.17) is 9.47 Å². The van der Waals surface area contributed by atoms with Gasteiger partial charge in [0.25, 0.3) is 0 Å². The molecule has 0 spiro atoms. The van der Waals surface area contributed by atoms with Crippen molar-refractivity contribution in [1.29, 1.82) is 0 Å². The Labute approximate surface area is 194 Å². The van der Waals surface area contributed by atoms with Gasteiger partial charge in [-0.3, -0.25) is 4.79 Å². The average molecular weight is 448 g/mol. The summed E-state index contributed by atoms with van der Waals surface area (Å²) in [7, 11) is 3.22. The molecule has 0 aliphatic carbocycles. The number of amides is 3. The number of rotatable bonds is 8. The lowest BCUT2D eigenvalue weighted by Gasteiger charge is -2.22.